The van der Waals surface area contributed by atoms with E-state index >= 15 is 0 Å². The van der Waals surface area contributed by atoms with E-state index < -0.39 is 0 Å². The van der Waals surface area contributed by atoms with Gasteiger partial charge in [-0.15, -0.1) is 11.3 Å². The molecule has 0 aliphatic rings. The van der Waals surface area contributed by atoms with Crippen molar-refractivity contribution in [1.29, 1.82) is 0 Å². The van der Waals surface area contributed by atoms with Gasteiger partial charge in [0.1, 0.15) is 5.69 Å². The molecule has 0 amide bonds. The number of halogens is 2. The molecule has 0 unspecified atom stereocenters. The number of rotatable bonds is 1. The fourth-order valence-corrected chi connectivity index (χ4v) is 3.43. The summed E-state index contributed by atoms with van der Waals surface area (Å²) in [4.78, 5) is 5.45. The van der Waals surface area contributed by atoms with E-state index in [1.807, 2.05) is 42.6 Å². The van der Waals surface area contributed by atoms with Crippen LogP contribution in [0.25, 0.3) is 11.1 Å². The standard InChI is InChI=1S/C17H9ClINS/c18-14-4-1-12(2-5-14)13-3-6-16(20-10-13)7-8-17-9-15(19)11-21-17/h1-6,9-11H. The van der Waals surface area contributed by atoms with E-state index in [0.29, 0.717) is 0 Å². The molecule has 0 radical (unpaired) electrons. The second kappa shape index (κ2) is 6.61. The van der Waals surface area contributed by atoms with Gasteiger partial charge >= 0.3 is 0 Å². The zero-order valence-corrected chi connectivity index (χ0v) is 14.5. The highest BCUT2D eigenvalue weighted by Gasteiger charge is 1.98. The molecule has 1 aromatic carbocycles. The zero-order chi connectivity index (χ0) is 14.7. The lowest BCUT2D eigenvalue weighted by Crippen LogP contribution is -1.84. The van der Waals surface area contributed by atoms with Crippen molar-refractivity contribution in [3.63, 3.8) is 0 Å². The summed E-state index contributed by atoms with van der Waals surface area (Å²) in [6, 6.07) is 13.8. The maximum atomic E-state index is 5.89. The first-order valence-electron chi connectivity index (χ1n) is 6.19. The van der Waals surface area contributed by atoms with Crippen molar-refractivity contribution >= 4 is 45.5 Å². The summed E-state index contributed by atoms with van der Waals surface area (Å²) in [6.07, 6.45) is 1.84. The second-order valence-corrected chi connectivity index (χ2v) is 6.91. The van der Waals surface area contributed by atoms with Crippen LogP contribution in [0.2, 0.25) is 5.02 Å². The van der Waals surface area contributed by atoms with Gasteiger partial charge in [-0.1, -0.05) is 29.8 Å². The van der Waals surface area contributed by atoms with Crippen molar-refractivity contribution in [2.75, 3.05) is 0 Å². The Kier molecular flexibility index (Phi) is 4.59. The Hall–Kier alpha value is -1.35. The van der Waals surface area contributed by atoms with Crippen LogP contribution in [-0.4, -0.2) is 4.98 Å². The van der Waals surface area contributed by atoms with Crippen LogP contribution >= 0.6 is 45.5 Å². The zero-order valence-electron chi connectivity index (χ0n) is 10.8. The molecule has 0 fully saturated rings. The third-order valence-corrected chi connectivity index (χ3v) is 4.97. The SMILES string of the molecule is Clc1ccc(-c2ccc(C#Cc3cc(I)cs3)nc2)cc1. The van der Waals surface area contributed by atoms with E-state index in [0.717, 1.165) is 26.7 Å². The second-order valence-electron chi connectivity index (χ2n) is 4.32. The van der Waals surface area contributed by atoms with Crippen molar-refractivity contribution < 1.29 is 0 Å². The molecule has 1 nitrogen and oxygen atoms in total. The lowest BCUT2D eigenvalue weighted by Gasteiger charge is -2.01. The summed E-state index contributed by atoms with van der Waals surface area (Å²) in [5, 5.41) is 2.82. The Morgan fingerprint density at radius 1 is 1.00 bits per heavy atom. The number of pyridine rings is 1. The van der Waals surface area contributed by atoms with Crippen LogP contribution in [0.1, 0.15) is 10.6 Å². The monoisotopic (exact) mass is 421 g/mol. The molecular weight excluding hydrogens is 413 g/mol. The highest BCUT2D eigenvalue weighted by Crippen LogP contribution is 2.21. The molecule has 2 heterocycles. The number of nitrogens with zero attached hydrogens (tertiary/aromatic N) is 1. The van der Waals surface area contributed by atoms with Gasteiger partial charge in [-0.05, 0) is 64.3 Å². The van der Waals surface area contributed by atoms with E-state index in [4.69, 9.17) is 11.6 Å². The van der Waals surface area contributed by atoms with Crippen LogP contribution in [0.5, 0.6) is 0 Å². The predicted octanol–water partition coefficient (Wildman–Crippen LogP) is 5.47. The first kappa shape index (κ1) is 14.6. The van der Waals surface area contributed by atoms with Crippen LogP contribution in [0.4, 0.5) is 0 Å². The molecule has 0 bridgehead atoms. The lowest BCUT2D eigenvalue weighted by atomic mass is 10.1. The van der Waals surface area contributed by atoms with Gasteiger partial charge in [-0.2, -0.15) is 0 Å². The van der Waals surface area contributed by atoms with Crippen LogP contribution in [0, 0.1) is 15.4 Å². The van der Waals surface area contributed by atoms with Crippen molar-refractivity contribution in [2.24, 2.45) is 0 Å². The molecule has 3 aromatic rings. The van der Waals surface area contributed by atoms with Crippen molar-refractivity contribution in [3.05, 3.63) is 73.2 Å². The summed E-state index contributed by atoms with van der Waals surface area (Å²) >= 11 is 9.83. The summed E-state index contributed by atoms with van der Waals surface area (Å²) in [5.41, 5.74) is 2.93. The van der Waals surface area contributed by atoms with Gasteiger partial charge in [0.2, 0.25) is 0 Å². The fraction of sp³-hybridized carbons (Fsp3) is 0. The Balaban J connectivity index is 1.81. The van der Waals surface area contributed by atoms with E-state index in [1.54, 1.807) is 11.3 Å². The van der Waals surface area contributed by atoms with Crippen LogP contribution in [0.3, 0.4) is 0 Å². The number of hydrogen-bond donors (Lipinski definition) is 0. The molecule has 21 heavy (non-hydrogen) atoms. The van der Waals surface area contributed by atoms with Crippen molar-refractivity contribution in [2.45, 2.75) is 0 Å². The van der Waals surface area contributed by atoms with Gasteiger partial charge in [-0.3, -0.25) is 0 Å². The number of benzene rings is 1. The van der Waals surface area contributed by atoms with Crippen LogP contribution < -0.4 is 0 Å². The average Bonchev–Trinajstić information content (AvgIpc) is 2.92. The van der Waals surface area contributed by atoms with E-state index in [1.165, 1.54) is 3.57 Å². The maximum Gasteiger partial charge on any atom is 0.113 e. The molecule has 0 aliphatic heterocycles. The Bertz CT molecular complexity index is 810. The van der Waals surface area contributed by atoms with Crippen LogP contribution in [0.15, 0.2) is 54.0 Å². The minimum absolute atomic E-state index is 0.736. The quantitative estimate of drug-likeness (QED) is 0.375. The van der Waals surface area contributed by atoms with Crippen molar-refractivity contribution in [1.82, 2.24) is 4.98 Å². The molecule has 0 saturated carbocycles. The van der Waals surface area contributed by atoms with Crippen molar-refractivity contribution in [3.8, 4) is 23.0 Å². The molecule has 0 N–H and O–H groups in total. The molecule has 0 atom stereocenters. The molecule has 0 spiro atoms. The first-order chi connectivity index (χ1) is 10.2. The molecular formula is C17H9ClINS. The molecule has 2 aromatic heterocycles. The van der Waals surface area contributed by atoms with Gasteiger partial charge in [0.25, 0.3) is 0 Å². The lowest BCUT2D eigenvalue weighted by molar-refractivity contribution is 1.29. The van der Waals surface area contributed by atoms with E-state index in [-0.39, 0.29) is 0 Å². The van der Waals surface area contributed by atoms with Gasteiger partial charge in [-0.25, -0.2) is 4.98 Å². The van der Waals surface area contributed by atoms with Crippen LogP contribution in [-0.2, 0) is 0 Å². The molecule has 102 valence electrons. The largest absolute Gasteiger partial charge is 0.247 e. The number of aromatic nitrogens is 1. The third kappa shape index (κ3) is 3.85. The summed E-state index contributed by atoms with van der Waals surface area (Å²) in [7, 11) is 0. The van der Waals surface area contributed by atoms with Gasteiger partial charge in [0, 0.05) is 25.7 Å². The molecule has 4 heteroatoms. The Morgan fingerprint density at radius 3 is 2.38 bits per heavy atom. The highest BCUT2D eigenvalue weighted by atomic mass is 127. The summed E-state index contributed by atoms with van der Waals surface area (Å²) < 4.78 is 1.22. The smallest absolute Gasteiger partial charge is 0.113 e. The number of thiophene rings is 1. The first-order valence-corrected chi connectivity index (χ1v) is 8.52. The van der Waals surface area contributed by atoms with Gasteiger partial charge in [0.05, 0.1) is 4.88 Å². The number of hydrogen-bond acceptors (Lipinski definition) is 2. The summed E-state index contributed by atoms with van der Waals surface area (Å²) in [6.45, 7) is 0. The van der Waals surface area contributed by atoms with Gasteiger partial charge < -0.3 is 0 Å². The molecule has 0 saturated heterocycles. The third-order valence-electron chi connectivity index (χ3n) is 2.82. The molecule has 0 aliphatic carbocycles. The van der Waals surface area contributed by atoms with E-state index in [2.05, 4.69) is 50.9 Å². The fourth-order valence-electron chi connectivity index (χ4n) is 1.79. The summed E-state index contributed by atoms with van der Waals surface area (Å²) in [5.74, 6) is 6.22. The minimum atomic E-state index is 0.736. The minimum Gasteiger partial charge on any atom is -0.247 e. The van der Waals surface area contributed by atoms with E-state index in [9.17, 15) is 0 Å². The Morgan fingerprint density at radius 2 is 1.76 bits per heavy atom. The van der Waals surface area contributed by atoms with Gasteiger partial charge in [0.15, 0.2) is 0 Å². The topological polar surface area (TPSA) is 12.9 Å². The maximum absolute atomic E-state index is 5.89. The normalized spacial score (nSPS) is 10.0. The predicted molar refractivity (Wildman–Crippen MR) is 97.7 cm³/mol. The average molecular weight is 422 g/mol. The Labute approximate surface area is 146 Å². The molecule has 3 rings (SSSR count). The highest BCUT2D eigenvalue weighted by molar-refractivity contribution is 14.1.